The molecule has 3 nitrogen and oxygen atoms in total. The Morgan fingerprint density at radius 3 is 2.67 bits per heavy atom. The Bertz CT molecular complexity index is 577. The van der Waals surface area contributed by atoms with Crippen molar-refractivity contribution in [3.63, 3.8) is 0 Å². The van der Waals surface area contributed by atoms with Gasteiger partial charge in [-0.3, -0.25) is 4.90 Å². The van der Waals surface area contributed by atoms with E-state index in [0.29, 0.717) is 18.2 Å². The lowest BCUT2D eigenvalue weighted by molar-refractivity contribution is 0.246. The zero-order valence-electron chi connectivity index (χ0n) is 12.2. The van der Waals surface area contributed by atoms with Crippen molar-refractivity contribution in [3.8, 4) is 0 Å². The highest BCUT2D eigenvalue weighted by atomic mass is 32.1. The molecule has 2 aromatic rings. The van der Waals surface area contributed by atoms with E-state index in [2.05, 4.69) is 23.3 Å². The summed E-state index contributed by atoms with van der Waals surface area (Å²) in [5, 5.41) is 20.1. The van der Waals surface area contributed by atoms with Crippen molar-refractivity contribution >= 4 is 23.9 Å². The number of hydrogen-bond donors (Lipinski definition) is 2. The quantitative estimate of drug-likeness (QED) is 0.797. The van der Waals surface area contributed by atoms with E-state index in [0.717, 1.165) is 6.42 Å². The van der Waals surface area contributed by atoms with E-state index in [1.54, 1.807) is 23.5 Å². The minimum atomic E-state index is -1.64. The molecule has 0 aliphatic carbocycles. The Balaban J connectivity index is 2.00. The molecule has 0 saturated heterocycles. The summed E-state index contributed by atoms with van der Waals surface area (Å²) >= 11 is 1.73. The summed E-state index contributed by atoms with van der Waals surface area (Å²) < 4.78 is 14.0. The molecule has 0 aliphatic heterocycles. The number of rotatable bonds is 6. The molecule has 0 spiro atoms. The van der Waals surface area contributed by atoms with Gasteiger partial charge in [0, 0.05) is 23.0 Å². The fraction of sp³-hybridized carbons (Fsp3) is 0.333. The standard InChI is InChI=1S/C15H19BFNO2S/c1-11(8-14-4-3-7-21-14)18(2)10-12-5-6-13(16(19)20)9-15(12)17/h3-7,9,11,19-20H,8,10H2,1-2H3. The highest BCUT2D eigenvalue weighted by Crippen LogP contribution is 2.16. The monoisotopic (exact) mass is 307 g/mol. The van der Waals surface area contributed by atoms with Crippen LogP contribution in [-0.2, 0) is 13.0 Å². The molecule has 0 radical (unpaired) electrons. The van der Waals surface area contributed by atoms with Crippen molar-refractivity contribution in [1.29, 1.82) is 0 Å². The van der Waals surface area contributed by atoms with Crippen LogP contribution >= 0.6 is 11.3 Å². The third kappa shape index (κ3) is 4.38. The van der Waals surface area contributed by atoms with E-state index in [1.807, 2.05) is 13.1 Å². The third-order valence-corrected chi connectivity index (χ3v) is 4.52. The second kappa shape index (κ2) is 7.18. The van der Waals surface area contributed by atoms with Crippen LogP contribution in [0.5, 0.6) is 0 Å². The number of nitrogens with zero attached hydrogens (tertiary/aromatic N) is 1. The van der Waals surface area contributed by atoms with Gasteiger partial charge in [0.05, 0.1) is 0 Å². The van der Waals surface area contributed by atoms with Gasteiger partial charge in [0.25, 0.3) is 0 Å². The molecule has 1 atom stereocenters. The molecule has 1 unspecified atom stereocenters. The van der Waals surface area contributed by atoms with Crippen LogP contribution < -0.4 is 5.46 Å². The van der Waals surface area contributed by atoms with Crippen LogP contribution in [0.1, 0.15) is 17.4 Å². The third-order valence-electron chi connectivity index (χ3n) is 3.62. The average Bonchev–Trinajstić information content (AvgIpc) is 2.93. The highest BCUT2D eigenvalue weighted by molar-refractivity contribution is 7.09. The predicted octanol–water partition coefficient (Wildman–Crippen LogP) is 1.63. The molecule has 0 aliphatic rings. The Kier molecular flexibility index (Phi) is 5.53. The van der Waals surface area contributed by atoms with Crippen molar-refractivity contribution in [3.05, 3.63) is 52.0 Å². The first-order valence-corrected chi connectivity index (χ1v) is 7.72. The van der Waals surface area contributed by atoms with Crippen molar-refractivity contribution in [2.24, 2.45) is 0 Å². The van der Waals surface area contributed by atoms with Crippen molar-refractivity contribution in [2.75, 3.05) is 7.05 Å². The van der Waals surface area contributed by atoms with Gasteiger partial charge in [0.1, 0.15) is 5.82 Å². The predicted molar refractivity (Wildman–Crippen MR) is 85.2 cm³/mol. The maximum Gasteiger partial charge on any atom is 0.488 e. The van der Waals surface area contributed by atoms with Crippen LogP contribution in [-0.4, -0.2) is 35.2 Å². The first-order valence-electron chi connectivity index (χ1n) is 6.84. The van der Waals surface area contributed by atoms with Gasteiger partial charge in [-0.15, -0.1) is 11.3 Å². The molecule has 6 heteroatoms. The van der Waals surface area contributed by atoms with Crippen LogP contribution in [0.2, 0.25) is 0 Å². The number of thiophene rings is 1. The minimum absolute atomic E-state index is 0.172. The van der Waals surface area contributed by atoms with E-state index in [-0.39, 0.29) is 5.46 Å². The topological polar surface area (TPSA) is 43.7 Å². The van der Waals surface area contributed by atoms with Gasteiger partial charge in [-0.25, -0.2) is 4.39 Å². The Morgan fingerprint density at radius 1 is 1.33 bits per heavy atom. The second-order valence-corrected chi connectivity index (χ2v) is 6.30. The number of halogens is 1. The summed E-state index contributed by atoms with van der Waals surface area (Å²) in [6.45, 7) is 2.60. The molecule has 0 amide bonds. The lowest BCUT2D eigenvalue weighted by atomic mass is 9.80. The van der Waals surface area contributed by atoms with Crippen LogP contribution in [0.15, 0.2) is 35.7 Å². The smallest absolute Gasteiger partial charge is 0.423 e. The molecular formula is C15H19BFNO2S. The fourth-order valence-corrected chi connectivity index (χ4v) is 2.98. The molecule has 2 rings (SSSR count). The molecular weight excluding hydrogens is 288 g/mol. The molecule has 2 N–H and O–H groups in total. The fourth-order valence-electron chi connectivity index (χ4n) is 2.15. The van der Waals surface area contributed by atoms with Crippen molar-refractivity contribution in [1.82, 2.24) is 4.90 Å². The van der Waals surface area contributed by atoms with E-state index >= 15 is 0 Å². The number of benzene rings is 1. The summed E-state index contributed by atoms with van der Waals surface area (Å²) in [6, 6.07) is 8.77. The van der Waals surface area contributed by atoms with Gasteiger partial charge >= 0.3 is 7.12 Å². The zero-order chi connectivity index (χ0) is 15.4. The van der Waals surface area contributed by atoms with Crippen LogP contribution in [0, 0.1) is 5.82 Å². The summed E-state index contributed by atoms with van der Waals surface area (Å²) in [7, 11) is 0.330. The van der Waals surface area contributed by atoms with Gasteiger partial charge in [0.2, 0.25) is 0 Å². The van der Waals surface area contributed by atoms with Crippen LogP contribution in [0.25, 0.3) is 0 Å². The molecule has 21 heavy (non-hydrogen) atoms. The van der Waals surface area contributed by atoms with E-state index < -0.39 is 12.9 Å². The zero-order valence-corrected chi connectivity index (χ0v) is 13.0. The first-order chi connectivity index (χ1) is 9.97. The second-order valence-electron chi connectivity index (χ2n) is 5.27. The minimum Gasteiger partial charge on any atom is -0.423 e. The summed E-state index contributed by atoms with van der Waals surface area (Å²) in [5.74, 6) is -0.407. The number of likely N-dealkylation sites (N-methyl/N-ethyl adjacent to an activating group) is 1. The summed E-state index contributed by atoms with van der Waals surface area (Å²) in [4.78, 5) is 3.40. The lowest BCUT2D eigenvalue weighted by Crippen LogP contribution is -2.32. The molecule has 0 saturated carbocycles. The van der Waals surface area contributed by atoms with Crippen LogP contribution in [0.4, 0.5) is 4.39 Å². The maximum atomic E-state index is 14.0. The maximum absolute atomic E-state index is 14.0. The molecule has 0 fully saturated rings. The van der Waals surface area contributed by atoms with Gasteiger partial charge in [-0.2, -0.15) is 0 Å². The molecule has 1 aromatic carbocycles. The molecule has 112 valence electrons. The summed E-state index contributed by atoms with van der Waals surface area (Å²) in [5.41, 5.74) is 0.727. The Morgan fingerprint density at radius 2 is 2.10 bits per heavy atom. The average molecular weight is 307 g/mol. The van der Waals surface area contributed by atoms with Crippen molar-refractivity contribution < 1.29 is 14.4 Å². The van der Waals surface area contributed by atoms with Gasteiger partial charge < -0.3 is 10.0 Å². The van der Waals surface area contributed by atoms with E-state index in [4.69, 9.17) is 10.0 Å². The molecule has 0 bridgehead atoms. The SMILES string of the molecule is CC(Cc1cccs1)N(C)Cc1ccc(B(O)O)cc1F. The highest BCUT2D eigenvalue weighted by Gasteiger charge is 2.16. The van der Waals surface area contributed by atoms with Gasteiger partial charge in [-0.05, 0) is 43.4 Å². The van der Waals surface area contributed by atoms with E-state index in [1.165, 1.54) is 10.9 Å². The number of hydrogen-bond acceptors (Lipinski definition) is 4. The Hall–Kier alpha value is -1.21. The summed E-state index contributed by atoms with van der Waals surface area (Å²) in [6.07, 6.45) is 0.934. The molecule has 1 heterocycles. The molecule has 1 aromatic heterocycles. The largest absolute Gasteiger partial charge is 0.488 e. The van der Waals surface area contributed by atoms with E-state index in [9.17, 15) is 4.39 Å². The van der Waals surface area contributed by atoms with Gasteiger partial charge in [-0.1, -0.05) is 18.2 Å². The Labute approximate surface area is 128 Å². The lowest BCUT2D eigenvalue weighted by Gasteiger charge is -2.24. The normalized spacial score (nSPS) is 12.7. The van der Waals surface area contributed by atoms with Gasteiger partial charge in [0.15, 0.2) is 0 Å². The first kappa shape index (κ1) is 16.2. The van der Waals surface area contributed by atoms with Crippen LogP contribution in [0.3, 0.4) is 0 Å². The van der Waals surface area contributed by atoms with Crippen molar-refractivity contribution in [2.45, 2.75) is 25.9 Å².